The number of carbonyl (C=O) groups excluding carboxylic acids is 2. The Hall–Kier alpha value is -2.97. The third kappa shape index (κ3) is 4.72. The number of rotatable bonds is 6. The topological polar surface area (TPSA) is 99.0 Å². The van der Waals surface area contributed by atoms with E-state index in [9.17, 15) is 9.59 Å². The molecular formula is C19H17Cl2N5O3. The Labute approximate surface area is 176 Å². The maximum Gasteiger partial charge on any atom is 0.339 e. The van der Waals surface area contributed by atoms with Crippen LogP contribution in [0.15, 0.2) is 42.5 Å². The van der Waals surface area contributed by atoms with Gasteiger partial charge in [-0.15, -0.1) is 10.2 Å². The number of tetrazole rings is 1. The highest BCUT2D eigenvalue weighted by Gasteiger charge is 2.23. The van der Waals surface area contributed by atoms with Crippen molar-refractivity contribution in [2.75, 3.05) is 12.4 Å². The lowest BCUT2D eigenvalue weighted by Crippen LogP contribution is -2.27. The first-order valence-electron chi connectivity index (χ1n) is 8.67. The standard InChI is InChI=1S/C19H17Cl2N5O3/c1-3-16(26-24-17(23-25-26)11-4-6-12(20)7-5-11)18(27)22-13-8-9-15(21)14(10-13)19(28)29-2/h4-10,16H,3H2,1-2H3,(H,22,27). The molecule has 8 nitrogen and oxygen atoms in total. The highest BCUT2D eigenvalue weighted by atomic mass is 35.5. The number of nitrogens with one attached hydrogen (secondary N) is 1. The Balaban J connectivity index is 1.79. The van der Waals surface area contributed by atoms with Crippen LogP contribution >= 0.6 is 23.2 Å². The number of benzene rings is 2. The molecule has 0 fully saturated rings. The molecule has 10 heteroatoms. The summed E-state index contributed by atoms with van der Waals surface area (Å²) in [6.45, 7) is 1.83. The largest absolute Gasteiger partial charge is 0.465 e. The maximum atomic E-state index is 12.8. The van der Waals surface area contributed by atoms with Gasteiger partial charge in [-0.05, 0) is 54.1 Å². The van der Waals surface area contributed by atoms with Gasteiger partial charge in [0.15, 0.2) is 6.04 Å². The molecule has 1 atom stereocenters. The normalized spacial score (nSPS) is 11.7. The van der Waals surface area contributed by atoms with Crippen molar-refractivity contribution in [1.29, 1.82) is 0 Å². The van der Waals surface area contributed by atoms with Crippen molar-refractivity contribution in [3.63, 3.8) is 0 Å². The van der Waals surface area contributed by atoms with Crippen LogP contribution in [-0.2, 0) is 9.53 Å². The van der Waals surface area contributed by atoms with Crippen molar-refractivity contribution < 1.29 is 14.3 Å². The Morgan fingerprint density at radius 3 is 2.55 bits per heavy atom. The lowest BCUT2D eigenvalue weighted by molar-refractivity contribution is -0.120. The van der Waals surface area contributed by atoms with Gasteiger partial charge >= 0.3 is 5.97 Å². The summed E-state index contributed by atoms with van der Waals surface area (Å²) in [5.41, 5.74) is 1.29. The molecule has 0 aliphatic rings. The number of methoxy groups -OCH3 is 1. The van der Waals surface area contributed by atoms with E-state index >= 15 is 0 Å². The lowest BCUT2D eigenvalue weighted by atomic mass is 10.1. The number of esters is 1. The van der Waals surface area contributed by atoms with Crippen molar-refractivity contribution >= 4 is 40.8 Å². The van der Waals surface area contributed by atoms with Gasteiger partial charge < -0.3 is 10.1 Å². The summed E-state index contributed by atoms with van der Waals surface area (Å²) in [7, 11) is 1.26. The summed E-state index contributed by atoms with van der Waals surface area (Å²) >= 11 is 11.9. The molecule has 3 rings (SSSR count). The smallest absolute Gasteiger partial charge is 0.339 e. The first-order valence-corrected chi connectivity index (χ1v) is 9.42. The predicted molar refractivity (Wildman–Crippen MR) is 109 cm³/mol. The zero-order valence-electron chi connectivity index (χ0n) is 15.6. The molecule has 1 N–H and O–H groups in total. The fourth-order valence-electron chi connectivity index (χ4n) is 2.62. The minimum Gasteiger partial charge on any atom is -0.465 e. The summed E-state index contributed by atoms with van der Waals surface area (Å²) in [6, 6.07) is 10.8. The van der Waals surface area contributed by atoms with E-state index in [1.165, 1.54) is 24.0 Å². The molecule has 1 heterocycles. The van der Waals surface area contributed by atoms with Crippen molar-refractivity contribution in [2.24, 2.45) is 0 Å². The van der Waals surface area contributed by atoms with Gasteiger partial charge in [0.25, 0.3) is 5.91 Å². The summed E-state index contributed by atoms with van der Waals surface area (Å²) < 4.78 is 4.69. The fourth-order valence-corrected chi connectivity index (χ4v) is 2.94. The molecule has 0 bridgehead atoms. The van der Waals surface area contributed by atoms with Gasteiger partial charge in [0, 0.05) is 16.3 Å². The molecule has 2 aromatic carbocycles. The molecule has 1 unspecified atom stereocenters. The van der Waals surface area contributed by atoms with Gasteiger partial charge in [-0.3, -0.25) is 4.79 Å². The number of aromatic nitrogens is 4. The molecule has 1 aromatic heterocycles. The van der Waals surface area contributed by atoms with Crippen LogP contribution in [0.1, 0.15) is 29.7 Å². The van der Waals surface area contributed by atoms with E-state index in [2.05, 4.69) is 20.7 Å². The van der Waals surface area contributed by atoms with Crippen molar-refractivity contribution in [2.45, 2.75) is 19.4 Å². The first-order chi connectivity index (χ1) is 13.9. The summed E-state index contributed by atoms with van der Waals surface area (Å²) in [5.74, 6) is -0.568. The van der Waals surface area contributed by atoms with Crippen molar-refractivity contribution in [3.05, 3.63) is 58.1 Å². The second kappa shape index (κ2) is 9.02. The average molecular weight is 434 g/mol. The van der Waals surface area contributed by atoms with Crippen LogP contribution in [0, 0.1) is 0 Å². The molecule has 0 saturated carbocycles. The monoisotopic (exact) mass is 433 g/mol. The second-order valence-electron chi connectivity index (χ2n) is 6.04. The number of ether oxygens (including phenoxy) is 1. The molecule has 150 valence electrons. The van der Waals surface area contributed by atoms with E-state index in [-0.39, 0.29) is 16.5 Å². The van der Waals surface area contributed by atoms with Crippen LogP contribution in [-0.4, -0.2) is 39.2 Å². The van der Waals surface area contributed by atoms with Crippen LogP contribution in [0.5, 0.6) is 0 Å². The quantitative estimate of drug-likeness (QED) is 0.589. The molecular weight excluding hydrogens is 417 g/mol. The maximum absolute atomic E-state index is 12.8. The SMILES string of the molecule is CCC(C(=O)Nc1ccc(Cl)c(C(=O)OC)c1)n1nnc(-c2ccc(Cl)cc2)n1. The van der Waals surface area contributed by atoms with Gasteiger partial charge in [-0.25, -0.2) is 4.79 Å². The van der Waals surface area contributed by atoms with E-state index in [1.54, 1.807) is 30.3 Å². The number of halogens is 2. The van der Waals surface area contributed by atoms with E-state index in [0.29, 0.717) is 23.0 Å². The summed E-state index contributed by atoms with van der Waals surface area (Å²) in [6.07, 6.45) is 0.430. The van der Waals surface area contributed by atoms with Gasteiger partial charge in [0.05, 0.1) is 17.7 Å². The summed E-state index contributed by atoms with van der Waals surface area (Å²) in [5, 5.41) is 15.9. The molecule has 29 heavy (non-hydrogen) atoms. The van der Waals surface area contributed by atoms with E-state index in [4.69, 9.17) is 27.9 Å². The van der Waals surface area contributed by atoms with Crippen molar-refractivity contribution in [3.8, 4) is 11.4 Å². The van der Waals surface area contributed by atoms with Crippen LogP contribution in [0.2, 0.25) is 10.0 Å². The van der Waals surface area contributed by atoms with Crippen LogP contribution < -0.4 is 5.32 Å². The minimum atomic E-state index is -0.694. The van der Waals surface area contributed by atoms with Crippen LogP contribution in [0.4, 0.5) is 5.69 Å². The van der Waals surface area contributed by atoms with Gasteiger partial charge in [-0.1, -0.05) is 30.1 Å². The first kappa shape index (κ1) is 20.8. The van der Waals surface area contributed by atoms with Gasteiger partial charge in [-0.2, -0.15) is 4.80 Å². The van der Waals surface area contributed by atoms with E-state index in [1.807, 2.05) is 6.92 Å². The van der Waals surface area contributed by atoms with Gasteiger partial charge in [0.1, 0.15) is 0 Å². The molecule has 0 saturated heterocycles. The molecule has 1 amide bonds. The number of carbonyl (C=O) groups is 2. The Bertz CT molecular complexity index is 1040. The van der Waals surface area contributed by atoms with E-state index in [0.717, 1.165) is 5.56 Å². The molecule has 0 radical (unpaired) electrons. The third-order valence-electron chi connectivity index (χ3n) is 4.14. The second-order valence-corrected chi connectivity index (χ2v) is 6.88. The predicted octanol–water partition coefficient (Wildman–Crippen LogP) is 4.02. The van der Waals surface area contributed by atoms with Gasteiger partial charge in [0.2, 0.25) is 5.82 Å². The third-order valence-corrected chi connectivity index (χ3v) is 4.72. The zero-order valence-corrected chi connectivity index (χ0v) is 17.1. The molecule has 3 aromatic rings. The number of anilines is 1. The highest BCUT2D eigenvalue weighted by Crippen LogP contribution is 2.23. The number of hydrogen-bond acceptors (Lipinski definition) is 6. The lowest BCUT2D eigenvalue weighted by Gasteiger charge is -2.14. The average Bonchev–Trinajstić information content (AvgIpc) is 3.19. The molecule has 0 spiro atoms. The Kier molecular flexibility index (Phi) is 6.46. The van der Waals surface area contributed by atoms with Crippen molar-refractivity contribution in [1.82, 2.24) is 20.2 Å². The zero-order chi connectivity index (χ0) is 21.0. The highest BCUT2D eigenvalue weighted by molar-refractivity contribution is 6.33. The molecule has 0 aliphatic carbocycles. The van der Waals surface area contributed by atoms with Crippen LogP contribution in [0.25, 0.3) is 11.4 Å². The number of hydrogen-bond donors (Lipinski definition) is 1. The number of amides is 1. The summed E-state index contributed by atoms with van der Waals surface area (Å²) in [4.78, 5) is 25.8. The number of nitrogens with zero attached hydrogens (tertiary/aromatic N) is 4. The van der Waals surface area contributed by atoms with Crippen LogP contribution in [0.3, 0.4) is 0 Å². The Morgan fingerprint density at radius 1 is 1.17 bits per heavy atom. The minimum absolute atomic E-state index is 0.156. The van der Waals surface area contributed by atoms with E-state index < -0.39 is 12.0 Å². The fraction of sp³-hybridized carbons (Fsp3) is 0.211. The molecule has 0 aliphatic heterocycles. The Morgan fingerprint density at radius 2 is 1.90 bits per heavy atom.